The Balaban J connectivity index is 2.23. The second-order valence-corrected chi connectivity index (χ2v) is 6.47. The van der Waals surface area contributed by atoms with Gasteiger partial charge in [-0.25, -0.2) is 9.78 Å². The van der Waals surface area contributed by atoms with Crippen LogP contribution in [-0.2, 0) is 4.74 Å². The van der Waals surface area contributed by atoms with Gasteiger partial charge in [0.25, 0.3) is 0 Å². The monoisotopic (exact) mass is 277 g/mol. The number of ether oxygens (including phenoxy) is 1. The van der Waals surface area contributed by atoms with Gasteiger partial charge in [-0.3, -0.25) is 4.90 Å². The molecule has 0 spiro atoms. The highest BCUT2D eigenvalue weighted by Gasteiger charge is 2.35. The molecule has 0 N–H and O–H groups in total. The van der Waals surface area contributed by atoms with Gasteiger partial charge in [-0.1, -0.05) is 6.07 Å². The molecule has 1 aliphatic rings. The highest BCUT2D eigenvalue weighted by Crippen LogP contribution is 2.35. The van der Waals surface area contributed by atoms with E-state index in [1.54, 1.807) is 11.1 Å². The van der Waals surface area contributed by atoms with Gasteiger partial charge < -0.3 is 9.64 Å². The number of carbonyl (C=O) groups excluding carboxylic acids is 1. The molecular formula is C15H23N3O2. The van der Waals surface area contributed by atoms with E-state index in [1.807, 2.05) is 47.0 Å². The number of hydrogen-bond acceptors (Lipinski definition) is 4. The first-order chi connectivity index (χ1) is 9.28. The summed E-state index contributed by atoms with van der Waals surface area (Å²) in [5.41, 5.74) is 0.623. The Bertz CT molecular complexity index is 494. The molecule has 1 atom stereocenters. The number of aromatic nitrogens is 1. The third-order valence-electron chi connectivity index (χ3n) is 3.11. The van der Waals surface area contributed by atoms with Crippen molar-refractivity contribution in [1.82, 2.24) is 9.88 Å². The summed E-state index contributed by atoms with van der Waals surface area (Å²) >= 11 is 0. The molecule has 5 heteroatoms. The highest BCUT2D eigenvalue weighted by molar-refractivity contribution is 5.89. The molecule has 110 valence electrons. The predicted octanol–water partition coefficient (Wildman–Crippen LogP) is 2.48. The first kappa shape index (κ1) is 14.8. The Morgan fingerprint density at radius 2 is 2.20 bits per heavy atom. The van der Waals surface area contributed by atoms with Crippen molar-refractivity contribution in [3.8, 4) is 0 Å². The van der Waals surface area contributed by atoms with Crippen LogP contribution in [0.2, 0.25) is 0 Å². The average molecular weight is 277 g/mol. The Morgan fingerprint density at radius 3 is 2.80 bits per heavy atom. The summed E-state index contributed by atoms with van der Waals surface area (Å²) in [4.78, 5) is 20.4. The lowest BCUT2D eigenvalue weighted by Crippen LogP contribution is -2.37. The predicted molar refractivity (Wildman–Crippen MR) is 79.1 cm³/mol. The van der Waals surface area contributed by atoms with Gasteiger partial charge in [0.15, 0.2) is 0 Å². The number of hydrogen-bond donors (Lipinski definition) is 0. The van der Waals surface area contributed by atoms with Gasteiger partial charge in [0, 0.05) is 30.8 Å². The third kappa shape index (κ3) is 3.28. The van der Waals surface area contributed by atoms with Crippen LogP contribution in [0.25, 0.3) is 0 Å². The molecule has 2 rings (SSSR count). The summed E-state index contributed by atoms with van der Waals surface area (Å²) in [5.74, 6) is 1.01. The van der Waals surface area contributed by atoms with Crippen molar-refractivity contribution >= 4 is 11.9 Å². The molecule has 1 unspecified atom stereocenters. The van der Waals surface area contributed by atoms with Crippen molar-refractivity contribution < 1.29 is 9.53 Å². The second kappa shape index (κ2) is 5.40. The molecule has 1 aromatic rings. The van der Waals surface area contributed by atoms with Crippen molar-refractivity contribution in [2.45, 2.75) is 32.3 Å². The molecule has 0 fully saturated rings. The van der Waals surface area contributed by atoms with Crippen LogP contribution < -0.4 is 4.90 Å². The molecule has 0 aromatic carbocycles. The molecule has 2 heterocycles. The molecule has 1 aliphatic heterocycles. The number of carbonyl (C=O) groups is 1. The lowest BCUT2D eigenvalue weighted by atomic mass is 10.0. The van der Waals surface area contributed by atoms with E-state index < -0.39 is 5.60 Å². The van der Waals surface area contributed by atoms with E-state index >= 15 is 0 Å². The van der Waals surface area contributed by atoms with Crippen LogP contribution in [0.1, 0.15) is 32.3 Å². The van der Waals surface area contributed by atoms with Gasteiger partial charge in [-0.15, -0.1) is 0 Å². The Morgan fingerprint density at radius 1 is 1.50 bits per heavy atom. The first-order valence-corrected chi connectivity index (χ1v) is 6.88. The van der Waals surface area contributed by atoms with E-state index in [9.17, 15) is 4.79 Å². The van der Waals surface area contributed by atoms with Gasteiger partial charge in [-0.05, 0) is 40.9 Å². The molecule has 1 aromatic heterocycles. The standard InChI is InChI=1S/C15H23N3O2/c1-15(2,3)20-14(19)18-10-11(9-17(4)5)12-7-6-8-16-13(12)18/h6-8,11H,9-10H2,1-5H3. The minimum Gasteiger partial charge on any atom is -0.443 e. The smallest absolute Gasteiger partial charge is 0.416 e. The van der Waals surface area contributed by atoms with Gasteiger partial charge >= 0.3 is 6.09 Å². The minimum absolute atomic E-state index is 0.279. The van der Waals surface area contributed by atoms with Crippen LogP contribution in [0.4, 0.5) is 10.6 Å². The third-order valence-corrected chi connectivity index (χ3v) is 3.11. The number of amides is 1. The number of likely N-dealkylation sites (N-methyl/N-ethyl adjacent to an activating group) is 1. The lowest BCUT2D eigenvalue weighted by Gasteiger charge is -2.24. The SMILES string of the molecule is CN(C)CC1CN(C(=O)OC(C)(C)C)c2ncccc21. The van der Waals surface area contributed by atoms with E-state index in [0.29, 0.717) is 6.54 Å². The summed E-state index contributed by atoms with van der Waals surface area (Å²) in [6.07, 6.45) is 1.40. The van der Waals surface area contributed by atoms with Gasteiger partial charge in [0.05, 0.1) is 0 Å². The summed E-state index contributed by atoms with van der Waals surface area (Å²) in [6.45, 7) is 7.13. The summed E-state index contributed by atoms with van der Waals surface area (Å²) in [7, 11) is 4.07. The van der Waals surface area contributed by atoms with E-state index in [0.717, 1.165) is 17.9 Å². The van der Waals surface area contributed by atoms with Gasteiger partial charge in [0.1, 0.15) is 11.4 Å². The molecule has 5 nitrogen and oxygen atoms in total. The number of pyridine rings is 1. The molecule has 0 radical (unpaired) electrons. The number of rotatable bonds is 2. The van der Waals surface area contributed by atoms with Crippen LogP contribution >= 0.6 is 0 Å². The van der Waals surface area contributed by atoms with Crippen molar-refractivity contribution in [2.75, 3.05) is 32.1 Å². The zero-order valence-electron chi connectivity index (χ0n) is 12.9. The molecule has 20 heavy (non-hydrogen) atoms. The topological polar surface area (TPSA) is 45.7 Å². The fourth-order valence-electron chi connectivity index (χ4n) is 2.43. The molecule has 0 saturated carbocycles. The van der Waals surface area contributed by atoms with Crippen LogP contribution in [0, 0.1) is 0 Å². The highest BCUT2D eigenvalue weighted by atomic mass is 16.6. The normalized spacial score (nSPS) is 18.3. The average Bonchev–Trinajstić information content (AvgIpc) is 2.66. The fraction of sp³-hybridized carbons (Fsp3) is 0.600. The first-order valence-electron chi connectivity index (χ1n) is 6.88. The van der Waals surface area contributed by atoms with Crippen LogP contribution in [-0.4, -0.2) is 48.8 Å². The van der Waals surface area contributed by atoms with E-state index in [1.165, 1.54) is 0 Å². The molecule has 0 saturated heterocycles. The van der Waals surface area contributed by atoms with Crippen LogP contribution in [0.5, 0.6) is 0 Å². The zero-order valence-corrected chi connectivity index (χ0v) is 12.9. The maximum absolute atomic E-state index is 12.3. The summed E-state index contributed by atoms with van der Waals surface area (Å²) in [6, 6.07) is 3.96. The maximum atomic E-state index is 12.3. The quantitative estimate of drug-likeness (QED) is 0.833. The molecule has 0 bridgehead atoms. The van der Waals surface area contributed by atoms with Crippen molar-refractivity contribution in [3.63, 3.8) is 0 Å². The number of nitrogens with zero attached hydrogens (tertiary/aromatic N) is 3. The van der Waals surface area contributed by atoms with Gasteiger partial charge in [-0.2, -0.15) is 0 Å². The summed E-state index contributed by atoms with van der Waals surface area (Å²) in [5, 5.41) is 0. The summed E-state index contributed by atoms with van der Waals surface area (Å²) < 4.78 is 5.47. The number of fused-ring (bicyclic) bond motifs is 1. The Hall–Kier alpha value is -1.62. The fourth-order valence-corrected chi connectivity index (χ4v) is 2.43. The van der Waals surface area contributed by atoms with Crippen molar-refractivity contribution in [2.24, 2.45) is 0 Å². The Kier molecular flexibility index (Phi) is 3.99. The minimum atomic E-state index is -0.494. The number of anilines is 1. The molecular weight excluding hydrogens is 254 g/mol. The maximum Gasteiger partial charge on any atom is 0.416 e. The Labute approximate surface area is 120 Å². The molecule has 1 amide bonds. The van der Waals surface area contributed by atoms with Crippen LogP contribution in [0.3, 0.4) is 0 Å². The second-order valence-electron chi connectivity index (χ2n) is 6.47. The van der Waals surface area contributed by atoms with Crippen molar-refractivity contribution in [3.05, 3.63) is 23.9 Å². The van der Waals surface area contributed by atoms with E-state index in [2.05, 4.69) is 9.88 Å². The lowest BCUT2D eigenvalue weighted by molar-refractivity contribution is 0.0580. The zero-order chi connectivity index (χ0) is 14.9. The largest absolute Gasteiger partial charge is 0.443 e. The van der Waals surface area contributed by atoms with E-state index in [4.69, 9.17) is 4.74 Å². The van der Waals surface area contributed by atoms with E-state index in [-0.39, 0.29) is 12.0 Å². The van der Waals surface area contributed by atoms with Crippen LogP contribution in [0.15, 0.2) is 18.3 Å². The molecule has 0 aliphatic carbocycles. The van der Waals surface area contributed by atoms with Crippen molar-refractivity contribution in [1.29, 1.82) is 0 Å². The van der Waals surface area contributed by atoms with Gasteiger partial charge in [0.2, 0.25) is 0 Å².